The number of nitriles is 1. The predicted octanol–water partition coefficient (Wildman–Crippen LogP) is 2.10. The van der Waals surface area contributed by atoms with Crippen LogP contribution < -0.4 is 0 Å². The minimum absolute atomic E-state index is 0.247. The Morgan fingerprint density at radius 1 is 1.69 bits per heavy atom. The molecule has 0 aromatic rings. The fourth-order valence-electron chi connectivity index (χ4n) is 1.82. The fraction of sp³-hybridized carbons (Fsp3) is 0.900. The first-order valence-corrected chi connectivity index (χ1v) is 5.47. The highest BCUT2D eigenvalue weighted by Crippen LogP contribution is 2.16. The Morgan fingerprint density at radius 2 is 2.46 bits per heavy atom. The monoisotopic (exact) mass is 200 g/mol. The summed E-state index contributed by atoms with van der Waals surface area (Å²) >= 11 is 5.75. The average Bonchev–Trinajstić information content (AvgIpc) is 2.18. The van der Waals surface area contributed by atoms with Crippen molar-refractivity contribution in [2.24, 2.45) is 11.8 Å². The predicted molar refractivity (Wildman–Crippen MR) is 54.7 cm³/mol. The lowest BCUT2D eigenvalue weighted by Gasteiger charge is -2.31. The Kier molecular flexibility index (Phi) is 4.55. The Hall–Kier alpha value is -0.260. The van der Waals surface area contributed by atoms with Crippen molar-refractivity contribution in [3.05, 3.63) is 0 Å². The normalized spacial score (nSPS) is 26.7. The van der Waals surface area contributed by atoms with E-state index in [-0.39, 0.29) is 5.92 Å². The summed E-state index contributed by atoms with van der Waals surface area (Å²) in [6.45, 7) is 5.28. The number of hydrogen-bond acceptors (Lipinski definition) is 2. The number of nitrogens with zero attached hydrogens (tertiary/aromatic N) is 2. The van der Waals surface area contributed by atoms with E-state index in [4.69, 9.17) is 16.9 Å². The third-order valence-corrected chi connectivity index (χ3v) is 3.05. The van der Waals surface area contributed by atoms with Crippen LogP contribution in [0.4, 0.5) is 0 Å². The van der Waals surface area contributed by atoms with Gasteiger partial charge in [0.05, 0.1) is 12.0 Å². The molecule has 0 aliphatic carbocycles. The summed E-state index contributed by atoms with van der Waals surface area (Å²) in [4.78, 5) is 2.37. The van der Waals surface area contributed by atoms with Crippen LogP contribution in [0.1, 0.15) is 19.8 Å². The van der Waals surface area contributed by atoms with Gasteiger partial charge in [0.25, 0.3) is 0 Å². The maximum atomic E-state index is 8.80. The van der Waals surface area contributed by atoms with Crippen LogP contribution in [0, 0.1) is 23.2 Å². The van der Waals surface area contributed by atoms with Gasteiger partial charge in [0.1, 0.15) is 0 Å². The topological polar surface area (TPSA) is 27.0 Å². The molecule has 0 bridgehead atoms. The van der Waals surface area contributed by atoms with Gasteiger partial charge in [-0.05, 0) is 25.3 Å². The van der Waals surface area contributed by atoms with Crippen molar-refractivity contribution in [2.75, 3.05) is 25.5 Å². The highest BCUT2D eigenvalue weighted by atomic mass is 35.5. The molecule has 1 rings (SSSR count). The summed E-state index contributed by atoms with van der Waals surface area (Å²) in [5.74, 6) is 1.50. The first kappa shape index (κ1) is 10.8. The van der Waals surface area contributed by atoms with Crippen LogP contribution in [0.2, 0.25) is 0 Å². The van der Waals surface area contributed by atoms with E-state index in [0.717, 1.165) is 32.5 Å². The number of hydrogen-bond donors (Lipinski definition) is 0. The van der Waals surface area contributed by atoms with E-state index in [1.807, 2.05) is 0 Å². The summed E-state index contributed by atoms with van der Waals surface area (Å²) in [5, 5.41) is 8.80. The molecule has 1 fully saturated rings. The van der Waals surface area contributed by atoms with E-state index in [1.54, 1.807) is 0 Å². The summed E-state index contributed by atoms with van der Waals surface area (Å²) in [7, 11) is 0. The van der Waals surface area contributed by atoms with Gasteiger partial charge in [-0.3, -0.25) is 0 Å². The van der Waals surface area contributed by atoms with E-state index in [2.05, 4.69) is 17.9 Å². The number of likely N-dealkylation sites (tertiary alicyclic amines) is 1. The molecule has 0 N–H and O–H groups in total. The summed E-state index contributed by atoms with van der Waals surface area (Å²) in [6.07, 6.45) is 2.23. The standard InChI is InChI=1S/C10H17ClN2/c1-9(5-11)7-13-4-2-3-10(6-12)8-13/h9-10H,2-5,7-8H2,1H3. The van der Waals surface area contributed by atoms with Crippen LogP contribution in [-0.2, 0) is 0 Å². The lowest BCUT2D eigenvalue weighted by molar-refractivity contribution is 0.181. The van der Waals surface area contributed by atoms with Gasteiger partial charge in [-0.1, -0.05) is 6.92 Å². The molecule has 13 heavy (non-hydrogen) atoms. The van der Waals surface area contributed by atoms with E-state index in [1.165, 1.54) is 0 Å². The molecule has 2 nitrogen and oxygen atoms in total. The average molecular weight is 201 g/mol. The number of halogens is 1. The maximum Gasteiger partial charge on any atom is 0.0669 e. The van der Waals surface area contributed by atoms with Crippen LogP contribution >= 0.6 is 11.6 Å². The van der Waals surface area contributed by atoms with Gasteiger partial charge in [0.15, 0.2) is 0 Å². The van der Waals surface area contributed by atoms with Crippen LogP contribution in [0.3, 0.4) is 0 Å². The second-order valence-electron chi connectivity index (χ2n) is 3.99. The second-order valence-corrected chi connectivity index (χ2v) is 4.30. The largest absolute Gasteiger partial charge is 0.302 e. The third-order valence-electron chi connectivity index (χ3n) is 2.52. The summed E-state index contributed by atoms with van der Waals surface area (Å²) < 4.78 is 0. The maximum absolute atomic E-state index is 8.80. The summed E-state index contributed by atoms with van der Waals surface area (Å²) in [5.41, 5.74) is 0. The van der Waals surface area contributed by atoms with Crippen LogP contribution in [0.5, 0.6) is 0 Å². The van der Waals surface area contributed by atoms with Crippen molar-refractivity contribution in [3.63, 3.8) is 0 Å². The molecule has 1 saturated heterocycles. The first-order chi connectivity index (χ1) is 6.26. The van der Waals surface area contributed by atoms with Gasteiger partial charge in [-0.25, -0.2) is 0 Å². The van der Waals surface area contributed by atoms with Gasteiger partial charge in [0, 0.05) is 19.0 Å². The van der Waals surface area contributed by atoms with E-state index < -0.39 is 0 Å². The fourth-order valence-corrected chi connectivity index (χ4v) is 1.91. The Morgan fingerprint density at radius 3 is 3.08 bits per heavy atom. The molecule has 0 spiro atoms. The minimum atomic E-state index is 0.247. The van der Waals surface area contributed by atoms with Crippen molar-refractivity contribution in [1.82, 2.24) is 4.90 Å². The van der Waals surface area contributed by atoms with Gasteiger partial charge in [-0.15, -0.1) is 11.6 Å². The number of rotatable bonds is 3. The van der Waals surface area contributed by atoms with Crippen molar-refractivity contribution < 1.29 is 0 Å². The SMILES string of the molecule is CC(CCl)CN1CCCC(C#N)C1. The van der Waals surface area contributed by atoms with Crippen molar-refractivity contribution in [3.8, 4) is 6.07 Å². The van der Waals surface area contributed by atoms with Gasteiger partial charge in [-0.2, -0.15) is 5.26 Å². The van der Waals surface area contributed by atoms with Crippen LogP contribution in [0.15, 0.2) is 0 Å². The Labute approximate surface area is 85.5 Å². The van der Waals surface area contributed by atoms with Crippen LogP contribution in [0.25, 0.3) is 0 Å². The van der Waals surface area contributed by atoms with Crippen LogP contribution in [-0.4, -0.2) is 30.4 Å². The Bertz CT molecular complexity index is 188. The molecule has 1 aliphatic heterocycles. The molecule has 0 amide bonds. The zero-order valence-corrected chi connectivity index (χ0v) is 8.93. The number of alkyl halides is 1. The molecule has 1 heterocycles. The Balaban J connectivity index is 2.30. The quantitative estimate of drug-likeness (QED) is 0.653. The van der Waals surface area contributed by atoms with Crippen molar-refractivity contribution in [1.29, 1.82) is 5.26 Å². The zero-order chi connectivity index (χ0) is 9.68. The van der Waals surface area contributed by atoms with Gasteiger partial charge in [0.2, 0.25) is 0 Å². The molecule has 0 radical (unpaired) electrons. The third kappa shape index (κ3) is 3.54. The minimum Gasteiger partial charge on any atom is -0.302 e. The molecule has 2 unspecified atom stereocenters. The lowest BCUT2D eigenvalue weighted by Crippen LogP contribution is -2.37. The second kappa shape index (κ2) is 5.47. The van der Waals surface area contributed by atoms with Gasteiger partial charge >= 0.3 is 0 Å². The smallest absolute Gasteiger partial charge is 0.0669 e. The number of piperidine rings is 1. The van der Waals surface area contributed by atoms with Gasteiger partial charge < -0.3 is 4.90 Å². The molecule has 3 heteroatoms. The molecular weight excluding hydrogens is 184 g/mol. The summed E-state index contributed by atoms with van der Waals surface area (Å²) in [6, 6.07) is 2.35. The molecular formula is C10H17ClN2. The van der Waals surface area contributed by atoms with E-state index >= 15 is 0 Å². The lowest BCUT2D eigenvalue weighted by atomic mass is 9.99. The molecule has 74 valence electrons. The zero-order valence-electron chi connectivity index (χ0n) is 8.17. The molecule has 0 aromatic carbocycles. The highest BCUT2D eigenvalue weighted by Gasteiger charge is 2.20. The molecule has 1 aliphatic rings. The highest BCUT2D eigenvalue weighted by molar-refractivity contribution is 6.18. The molecule has 2 atom stereocenters. The molecule has 0 aromatic heterocycles. The molecule has 0 saturated carbocycles. The van der Waals surface area contributed by atoms with E-state index in [0.29, 0.717) is 11.8 Å². The van der Waals surface area contributed by atoms with Crippen molar-refractivity contribution in [2.45, 2.75) is 19.8 Å². The van der Waals surface area contributed by atoms with E-state index in [9.17, 15) is 0 Å². The van der Waals surface area contributed by atoms with Crippen molar-refractivity contribution >= 4 is 11.6 Å². The first-order valence-electron chi connectivity index (χ1n) is 4.94.